The lowest BCUT2D eigenvalue weighted by Gasteiger charge is -2.26. The molecule has 2 aromatic rings. The molecule has 2 aromatic carbocycles. The topological polar surface area (TPSA) is 166 Å². The molecular formula is C35H49N7O5S. The van der Waals surface area contributed by atoms with E-state index in [9.17, 15) is 24.0 Å². The Morgan fingerprint density at radius 3 is 2.27 bits per heavy atom. The zero-order valence-corrected chi connectivity index (χ0v) is 28.5. The summed E-state index contributed by atoms with van der Waals surface area (Å²) >= 11 is 1.87. The van der Waals surface area contributed by atoms with Crippen molar-refractivity contribution in [1.82, 2.24) is 31.1 Å². The number of urea groups is 1. The van der Waals surface area contributed by atoms with Crippen molar-refractivity contribution in [3.05, 3.63) is 71.8 Å². The number of hydrogen-bond acceptors (Lipinski definition) is 7. The van der Waals surface area contributed by atoms with Gasteiger partial charge in [-0.2, -0.15) is 11.8 Å². The zero-order valence-electron chi connectivity index (χ0n) is 27.7. The molecule has 0 aliphatic carbocycles. The Morgan fingerprint density at radius 2 is 1.58 bits per heavy atom. The molecule has 48 heavy (non-hydrogen) atoms. The van der Waals surface area contributed by atoms with E-state index < -0.39 is 17.9 Å². The molecule has 2 aliphatic heterocycles. The number of hydrogen-bond donors (Lipinski definition) is 5. The van der Waals surface area contributed by atoms with Crippen molar-refractivity contribution in [1.29, 1.82) is 0 Å². The molecule has 0 spiro atoms. The number of nitrogens with zero attached hydrogens (tertiary/aromatic N) is 2. The number of thioether (sulfide) groups is 1. The molecule has 12 nitrogen and oxygen atoms in total. The molecule has 13 heteroatoms. The minimum atomic E-state index is -0.879. The van der Waals surface area contributed by atoms with Gasteiger partial charge in [0.1, 0.15) is 6.04 Å². The molecule has 0 aromatic heterocycles. The van der Waals surface area contributed by atoms with E-state index in [2.05, 4.69) is 21.3 Å². The Hall–Kier alpha value is -4.10. The molecule has 6 N–H and O–H groups in total. The fourth-order valence-electron chi connectivity index (χ4n) is 6.08. The van der Waals surface area contributed by atoms with Crippen LogP contribution in [0.4, 0.5) is 4.79 Å². The van der Waals surface area contributed by atoms with Gasteiger partial charge >= 0.3 is 6.03 Å². The second-order valence-corrected chi connectivity index (χ2v) is 13.9. The lowest BCUT2D eigenvalue weighted by Crippen LogP contribution is -2.49. The van der Waals surface area contributed by atoms with Gasteiger partial charge < -0.3 is 31.9 Å². The van der Waals surface area contributed by atoms with E-state index in [0.717, 1.165) is 36.1 Å². The summed E-state index contributed by atoms with van der Waals surface area (Å²) in [5.41, 5.74) is 7.58. The fourth-order valence-corrected chi connectivity index (χ4v) is 7.62. The van der Waals surface area contributed by atoms with Gasteiger partial charge in [-0.3, -0.25) is 24.1 Å². The number of rotatable bonds is 20. The maximum Gasteiger partial charge on any atom is 0.315 e. The van der Waals surface area contributed by atoms with E-state index in [1.807, 2.05) is 84.4 Å². The molecule has 6 amide bonds. The van der Waals surface area contributed by atoms with Crippen molar-refractivity contribution >= 4 is 41.4 Å². The summed E-state index contributed by atoms with van der Waals surface area (Å²) in [5.74, 6) is -0.394. The van der Waals surface area contributed by atoms with Crippen LogP contribution >= 0.6 is 11.8 Å². The summed E-state index contributed by atoms with van der Waals surface area (Å²) in [4.78, 5) is 65.9. The van der Waals surface area contributed by atoms with Crippen molar-refractivity contribution in [2.24, 2.45) is 5.73 Å². The normalized spacial score (nSPS) is 18.8. The van der Waals surface area contributed by atoms with Gasteiger partial charge in [-0.25, -0.2) is 4.79 Å². The second-order valence-electron chi connectivity index (χ2n) is 12.6. The van der Waals surface area contributed by atoms with Crippen LogP contribution in [0.3, 0.4) is 0 Å². The maximum atomic E-state index is 13.4. The fraction of sp³-hybridized carbons (Fsp3) is 0.514. The Labute approximate surface area is 287 Å². The van der Waals surface area contributed by atoms with Gasteiger partial charge in [0.2, 0.25) is 23.6 Å². The number of nitrogens with two attached hydrogens (primary N) is 1. The van der Waals surface area contributed by atoms with E-state index in [1.165, 1.54) is 4.90 Å². The number of unbranched alkanes of at least 4 members (excludes halogenated alkanes) is 2. The largest absolute Gasteiger partial charge is 0.368 e. The van der Waals surface area contributed by atoms with E-state index in [0.29, 0.717) is 44.0 Å². The van der Waals surface area contributed by atoms with Gasteiger partial charge in [0, 0.05) is 37.1 Å². The highest BCUT2D eigenvalue weighted by Gasteiger charge is 2.42. The Kier molecular flexibility index (Phi) is 14.6. The van der Waals surface area contributed by atoms with Crippen LogP contribution < -0.4 is 27.0 Å². The molecule has 4 atom stereocenters. The number of likely N-dealkylation sites (N-methyl/N-ethyl adjacent to an activating group) is 1. The zero-order chi connectivity index (χ0) is 34.3. The summed E-state index contributed by atoms with van der Waals surface area (Å²) < 4.78 is 0. The molecule has 0 bridgehead atoms. The number of nitrogens with one attached hydrogen (secondary N) is 4. The highest BCUT2D eigenvalue weighted by Crippen LogP contribution is 2.33. The lowest BCUT2D eigenvalue weighted by atomic mass is 10.0. The van der Waals surface area contributed by atoms with Crippen LogP contribution in [-0.4, -0.2) is 95.3 Å². The van der Waals surface area contributed by atoms with E-state index in [1.54, 1.807) is 0 Å². The maximum absolute atomic E-state index is 13.4. The molecule has 2 saturated heterocycles. The standard InChI is InChI=1S/C35H49N7O5S/c1-41(20-25-12-4-2-5-13-25)23-32(45)42(21-26-14-6-3-7-15-26)22-31(44)38-27(34(36)46)16-10-11-19-37-30(43)18-9-8-17-29-33-28(24-48-29)39-35(47)40-33/h2-7,12-15,27-29,33H,8-11,16-24H2,1H3,(H2,36,46)(H,37,43)(H,38,44)(H2,39,40,47)/t27-,28-,29?,33-/m0/s1. The highest BCUT2D eigenvalue weighted by molar-refractivity contribution is 8.00. The van der Waals surface area contributed by atoms with Gasteiger partial charge in [0.05, 0.1) is 25.2 Å². The van der Waals surface area contributed by atoms with E-state index in [-0.39, 0.29) is 49.6 Å². The van der Waals surface area contributed by atoms with Crippen LogP contribution in [0, 0.1) is 0 Å². The predicted octanol–water partition coefficient (Wildman–Crippen LogP) is 2.13. The average Bonchev–Trinajstić information content (AvgIpc) is 3.61. The summed E-state index contributed by atoms with van der Waals surface area (Å²) in [7, 11) is 1.86. The van der Waals surface area contributed by atoms with Crippen molar-refractivity contribution in [3.8, 4) is 0 Å². The van der Waals surface area contributed by atoms with Crippen LogP contribution in [0.5, 0.6) is 0 Å². The summed E-state index contributed by atoms with van der Waals surface area (Å²) in [5, 5.41) is 12.0. The van der Waals surface area contributed by atoms with Gasteiger partial charge in [-0.05, 0) is 50.3 Å². The van der Waals surface area contributed by atoms with E-state index in [4.69, 9.17) is 5.73 Å². The minimum absolute atomic E-state index is 0.0138. The van der Waals surface area contributed by atoms with Crippen LogP contribution in [0.15, 0.2) is 60.7 Å². The Morgan fingerprint density at radius 1 is 0.896 bits per heavy atom. The molecule has 0 radical (unpaired) electrons. The van der Waals surface area contributed by atoms with E-state index >= 15 is 0 Å². The van der Waals surface area contributed by atoms with Crippen molar-refractivity contribution in [3.63, 3.8) is 0 Å². The average molecular weight is 680 g/mol. The highest BCUT2D eigenvalue weighted by atomic mass is 32.2. The number of amides is 6. The van der Waals surface area contributed by atoms with Crippen molar-refractivity contribution in [2.75, 3.05) is 32.4 Å². The second kappa shape index (κ2) is 19.0. The van der Waals surface area contributed by atoms with Crippen LogP contribution in [-0.2, 0) is 32.3 Å². The molecule has 260 valence electrons. The molecule has 1 unspecified atom stereocenters. The molecule has 4 rings (SSSR count). The smallest absolute Gasteiger partial charge is 0.315 e. The van der Waals surface area contributed by atoms with Crippen LogP contribution in [0.1, 0.15) is 56.1 Å². The number of fused-ring (bicyclic) bond motifs is 1. The SMILES string of the molecule is CN(CC(=O)N(CC(=O)N[C@@H](CCCCNC(=O)CCCCC1SC[C@@H]2NC(=O)N[C@H]12)C(N)=O)Cc1ccccc1)Cc1ccccc1. The van der Waals surface area contributed by atoms with Gasteiger partial charge in [-0.1, -0.05) is 67.1 Å². The van der Waals surface area contributed by atoms with Gasteiger partial charge in [0.15, 0.2) is 0 Å². The van der Waals surface area contributed by atoms with Crippen LogP contribution in [0.2, 0.25) is 0 Å². The molecule has 2 fully saturated rings. The Balaban J connectivity index is 1.15. The molecular weight excluding hydrogens is 630 g/mol. The number of carbonyl (C=O) groups is 5. The summed E-state index contributed by atoms with van der Waals surface area (Å²) in [6, 6.07) is 18.7. The monoisotopic (exact) mass is 679 g/mol. The first kappa shape index (κ1) is 36.7. The predicted molar refractivity (Wildman–Crippen MR) is 187 cm³/mol. The number of carbonyl (C=O) groups excluding carboxylic acids is 5. The minimum Gasteiger partial charge on any atom is -0.368 e. The van der Waals surface area contributed by atoms with Gasteiger partial charge in [-0.15, -0.1) is 0 Å². The number of primary amides is 1. The van der Waals surface area contributed by atoms with Crippen LogP contribution in [0.25, 0.3) is 0 Å². The lowest BCUT2D eigenvalue weighted by molar-refractivity contribution is -0.138. The first-order valence-corrected chi connectivity index (χ1v) is 17.8. The Bertz CT molecular complexity index is 1370. The first-order chi connectivity index (χ1) is 23.2. The third kappa shape index (κ3) is 12.2. The number of benzene rings is 2. The summed E-state index contributed by atoms with van der Waals surface area (Å²) in [6.07, 6.45) is 4.64. The van der Waals surface area contributed by atoms with Crippen molar-refractivity contribution in [2.45, 2.75) is 81.4 Å². The molecule has 2 heterocycles. The quantitative estimate of drug-likeness (QED) is 0.106. The third-order valence-corrected chi connectivity index (χ3v) is 10.1. The third-order valence-electron chi connectivity index (χ3n) is 8.60. The molecule has 0 saturated carbocycles. The van der Waals surface area contributed by atoms with Crippen molar-refractivity contribution < 1.29 is 24.0 Å². The molecule has 2 aliphatic rings. The van der Waals surface area contributed by atoms with Gasteiger partial charge in [0.25, 0.3) is 0 Å². The first-order valence-electron chi connectivity index (χ1n) is 16.8. The summed E-state index contributed by atoms with van der Waals surface area (Å²) in [6.45, 7) is 1.22.